The second-order valence-electron chi connectivity index (χ2n) is 10.3. The van der Waals surface area contributed by atoms with E-state index in [4.69, 9.17) is 45.6 Å². The molecule has 14 N–H and O–H groups in total. The van der Waals surface area contributed by atoms with Gasteiger partial charge in [0, 0.05) is 0 Å². The van der Waals surface area contributed by atoms with E-state index in [0.29, 0.717) is 6.42 Å². The molecule has 3 aliphatic rings. The highest BCUT2D eigenvalue weighted by Crippen LogP contribution is 2.32. The van der Waals surface area contributed by atoms with Gasteiger partial charge in [0.05, 0.1) is 37.9 Å². The van der Waals surface area contributed by atoms with Crippen LogP contribution in [0.2, 0.25) is 0 Å². The maximum atomic E-state index is 11.7. The first kappa shape index (κ1) is 34.3. The SMILES string of the molecule is CCCC(O[C@H]1C(O[C@@H]2O[C@H](CO)C(O[C@@H]3O[C@H](CO)[C@@H](O)[C@H](O)[C@H]3N)[C@H](O)[C@H]2N)[C@@H](CO)O[C@@H](O)[C@@H]1N)C(=O)O. The van der Waals surface area contributed by atoms with Crippen LogP contribution < -0.4 is 17.2 Å². The van der Waals surface area contributed by atoms with Gasteiger partial charge in [-0.1, -0.05) is 13.3 Å². The summed E-state index contributed by atoms with van der Waals surface area (Å²) in [6.07, 6.45) is -18.0. The van der Waals surface area contributed by atoms with Crippen molar-refractivity contribution in [1.82, 2.24) is 0 Å². The highest BCUT2D eigenvalue weighted by Gasteiger charge is 2.53. The first-order valence-electron chi connectivity index (χ1n) is 13.4. The number of nitrogens with two attached hydrogens (primary N) is 3. The molecular weight excluding hydrogens is 558 g/mol. The average Bonchev–Trinajstić information content (AvgIpc) is 2.95. The summed E-state index contributed by atoms with van der Waals surface area (Å²) in [5, 5.41) is 80.5. The molecule has 3 aliphatic heterocycles. The van der Waals surface area contributed by atoms with Crippen molar-refractivity contribution in [3.63, 3.8) is 0 Å². The van der Waals surface area contributed by atoms with Gasteiger partial charge in [-0.15, -0.1) is 0 Å². The second kappa shape index (κ2) is 15.0. The zero-order valence-electron chi connectivity index (χ0n) is 22.4. The zero-order valence-corrected chi connectivity index (χ0v) is 22.4. The van der Waals surface area contributed by atoms with Crippen molar-refractivity contribution < 1.29 is 74.1 Å². The second-order valence-corrected chi connectivity index (χ2v) is 10.3. The van der Waals surface area contributed by atoms with E-state index in [-0.39, 0.29) is 6.42 Å². The van der Waals surface area contributed by atoms with Gasteiger partial charge in [-0.25, -0.2) is 4.79 Å². The maximum Gasteiger partial charge on any atom is 0.332 e. The number of hydrogen-bond donors (Lipinski definition) is 11. The summed E-state index contributed by atoms with van der Waals surface area (Å²) in [6, 6.07) is -4.03. The summed E-state index contributed by atoms with van der Waals surface area (Å²) in [6.45, 7) is -0.393. The van der Waals surface area contributed by atoms with Crippen LogP contribution >= 0.6 is 0 Å². The van der Waals surface area contributed by atoms with Crippen LogP contribution in [0.4, 0.5) is 0 Å². The van der Waals surface area contributed by atoms with Gasteiger partial charge in [0.25, 0.3) is 0 Å². The first-order chi connectivity index (χ1) is 19.4. The highest BCUT2D eigenvalue weighted by atomic mass is 16.7. The molecule has 0 radical (unpaired) electrons. The van der Waals surface area contributed by atoms with E-state index in [9.17, 15) is 45.6 Å². The standard InChI is InChI=1S/C23H43N3O15/c1-2-3-7(20(33)34)36-19-13(26)21(35)37-10(6-29)18(19)41-23-12(25)16(32)17(9(5-28)39-23)40-22-11(24)15(31)14(30)8(4-27)38-22/h7-19,21-23,27-32,35H,2-6,24-26H2,1H3,(H,33,34)/t7?,8-,9-,10-,11-,12-,13-,14-,15-,16-,17?,18?,19-,21-,22+,23+/m1/s1. The Hall–Kier alpha value is -1.17. The fraction of sp³-hybridized carbons (Fsp3) is 0.957. The van der Waals surface area contributed by atoms with Crippen molar-refractivity contribution in [2.75, 3.05) is 19.8 Å². The minimum Gasteiger partial charge on any atom is -0.479 e. The number of carbonyl (C=O) groups is 1. The third-order valence-electron chi connectivity index (χ3n) is 7.45. The Morgan fingerprint density at radius 3 is 1.78 bits per heavy atom. The highest BCUT2D eigenvalue weighted by molar-refractivity contribution is 5.72. The number of aliphatic carboxylic acids is 1. The van der Waals surface area contributed by atoms with E-state index in [1.807, 2.05) is 0 Å². The number of aliphatic hydroxyl groups excluding tert-OH is 7. The summed E-state index contributed by atoms with van der Waals surface area (Å²) >= 11 is 0. The van der Waals surface area contributed by atoms with E-state index >= 15 is 0 Å². The lowest BCUT2D eigenvalue weighted by atomic mass is 9.94. The fourth-order valence-corrected chi connectivity index (χ4v) is 5.04. The Morgan fingerprint density at radius 1 is 0.732 bits per heavy atom. The van der Waals surface area contributed by atoms with E-state index in [1.54, 1.807) is 6.92 Å². The molecule has 18 heteroatoms. The van der Waals surface area contributed by atoms with E-state index < -0.39 is 124 Å². The van der Waals surface area contributed by atoms with Gasteiger partial charge in [-0.3, -0.25) is 0 Å². The Balaban J connectivity index is 1.80. The summed E-state index contributed by atoms with van der Waals surface area (Å²) in [5.41, 5.74) is 18.2. The van der Waals surface area contributed by atoms with Crippen LogP contribution in [-0.4, -0.2) is 165 Å². The molecule has 3 heterocycles. The minimum atomic E-state index is -1.64. The van der Waals surface area contributed by atoms with Crippen LogP contribution in [0.15, 0.2) is 0 Å². The fourth-order valence-electron chi connectivity index (χ4n) is 5.04. The molecule has 0 aromatic carbocycles. The third-order valence-corrected chi connectivity index (χ3v) is 7.45. The van der Waals surface area contributed by atoms with Crippen LogP contribution in [0.25, 0.3) is 0 Å². The lowest BCUT2D eigenvalue weighted by molar-refractivity contribution is -0.351. The van der Waals surface area contributed by atoms with E-state index in [1.165, 1.54) is 0 Å². The lowest BCUT2D eigenvalue weighted by Crippen LogP contribution is -2.69. The molecule has 0 spiro atoms. The minimum absolute atomic E-state index is 0.101. The molecule has 3 fully saturated rings. The molecule has 0 aromatic heterocycles. The maximum absolute atomic E-state index is 11.7. The predicted octanol–water partition coefficient (Wildman–Crippen LogP) is -6.40. The van der Waals surface area contributed by atoms with Gasteiger partial charge in [0.1, 0.15) is 54.9 Å². The van der Waals surface area contributed by atoms with Gasteiger partial charge in [-0.2, -0.15) is 0 Å². The number of aliphatic hydroxyl groups is 7. The molecule has 0 saturated carbocycles. The van der Waals surface area contributed by atoms with Crippen molar-refractivity contribution in [1.29, 1.82) is 0 Å². The van der Waals surface area contributed by atoms with Gasteiger partial charge < -0.3 is 86.5 Å². The molecular formula is C23H43N3O15. The summed E-state index contributed by atoms with van der Waals surface area (Å²) in [5.74, 6) is -1.29. The number of carboxylic acid groups (broad SMARTS) is 1. The van der Waals surface area contributed by atoms with Gasteiger partial charge >= 0.3 is 5.97 Å². The molecule has 16 atom stereocenters. The molecule has 0 aliphatic carbocycles. The van der Waals surface area contributed by atoms with Crippen molar-refractivity contribution in [2.24, 2.45) is 17.2 Å². The number of carboxylic acids is 1. The molecule has 3 saturated heterocycles. The largest absolute Gasteiger partial charge is 0.479 e. The molecule has 41 heavy (non-hydrogen) atoms. The first-order valence-corrected chi connectivity index (χ1v) is 13.4. The predicted molar refractivity (Wildman–Crippen MR) is 132 cm³/mol. The summed E-state index contributed by atoms with van der Waals surface area (Å²) in [4.78, 5) is 11.7. The summed E-state index contributed by atoms with van der Waals surface area (Å²) < 4.78 is 33.9. The molecule has 240 valence electrons. The van der Waals surface area contributed by atoms with Gasteiger partial charge in [-0.05, 0) is 6.42 Å². The monoisotopic (exact) mass is 601 g/mol. The van der Waals surface area contributed by atoms with Crippen LogP contribution in [-0.2, 0) is 33.2 Å². The zero-order chi connectivity index (χ0) is 30.6. The molecule has 3 rings (SSSR count). The Morgan fingerprint density at radius 2 is 1.24 bits per heavy atom. The van der Waals surface area contributed by atoms with E-state index in [0.717, 1.165) is 0 Å². The van der Waals surface area contributed by atoms with Crippen molar-refractivity contribution in [3.8, 4) is 0 Å². The van der Waals surface area contributed by atoms with Crippen LogP contribution in [0.1, 0.15) is 19.8 Å². The molecule has 0 amide bonds. The Labute approximate surface area is 235 Å². The van der Waals surface area contributed by atoms with Crippen molar-refractivity contribution in [2.45, 2.75) is 118 Å². The van der Waals surface area contributed by atoms with Crippen molar-refractivity contribution in [3.05, 3.63) is 0 Å². The van der Waals surface area contributed by atoms with Crippen molar-refractivity contribution >= 4 is 5.97 Å². The quantitative estimate of drug-likeness (QED) is 0.0990. The molecule has 0 bridgehead atoms. The number of hydrogen-bond acceptors (Lipinski definition) is 17. The lowest BCUT2D eigenvalue weighted by Gasteiger charge is -2.49. The topological polar surface area (TPSA) is 312 Å². The molecule has 0 aromatic rings. The smallest absolute Gasteiger partial charge is 0.332 e. The third kappa shape index (κ3) is 7.50. The number of rotatable bonds is 12. The molecule has 18 nitrogen and oxygen atoms in total. The van der Waals surface area contributed by atoms with Gasteiger partial charge in [0.2, 0.25) is 0 Å². The normalized spacial score (nSPS) is 46.3. The Kier molecular flexibility index (Phi) is 12.6. The Bertz CT molecular complexity index is 827. The molecule has 3 unspecified atom stereocenters. The van der Waals surface area contributed by atoms with Crippen LogP contribution in [0.3, 0.4) is 0 Å². The summed E-state index contributed by atoms with van der Waals surface area (Å²) in [7, 11) is 0. The van der Waals surface area contributed by atoms with E-state index in [2.05, 4.69) is 0 Å². The number of ether oxygens (including phenoxy) is 6. The van der Waals surface area contributed by atoms with Crippen LogP contribution in [0.5, 0.6) is 0 Å². The van der Waals surface area contributed by atoms with Crippen LogP contribution in [0, 0.1) is 0 Å². The average molecular weight is 602 g/mol. The van der Waals surface area contributed by atoms with Gasteiger partial charge in [0.15, 0.2) is 25.0 Å².